The first-order valence-corrected chi connectivity index (χ1v) is 6.69. The first-order valence-electron chi connectivity index (χ1n) is 5.04. The van der Waals surface area contributed by atoms with Gasteiger partial charge in [0, 0.05) is 6.54 Å². The summed E-state index contributed by atoms with van der Waals surface area (Å²) in [5, 5.41) is 0. The number of nitrogens with one attached hydrogen (secondary N) is 1. The fraction of sp³-hybridized carbons (Fsp3) is 0.400. The fourth-order valence-corrected chi connectivity index (χ4v) is 2.45. The predicted molar refractivity (Wildman–Crippen MR) is 59.4 cm³/mol. The lowest BCUT2D eigenvalue weighted by Gasteiger charge is -2.09. The van der Waals surface area contributed by atoms with Gasteiger partial charge in [0.05, 0.1) is 5.75 Å². The van der Waals surface area contributed by atoms with E-state index in [0.717, 1.165) is 12.1 Å². The molecule has 0 fully saturated rings. The zero-order valence-electron chi connectivity index (χ0n) is 9.49. The van der Waals surface area contributed by atoms with Gasteiger partial charge in [-0.3, -0.25) is 0 Å². The van der Waals surface area contributed by atoms with Gasteiger partial charge in [-0.25, -0.2) is 13.1 Å². The Balaban J connectivity index is 2.72. The van der Waals surface area contributed by atoms with Crippen molar-refractivity contribution in [3.05, 3.63) is 29.8 Å². The summed E-state index contributed by atoms with van der Waals surface area (Å²) < 4.78 is 64.4. The Kier molecular flexibility index (Phi) is 4.58. The van der Waals surface area contributed by atoms with E-state index < -0.39 is 16.4 Å². The van der Waals surface area contributed by atoms with Gasteiger partial charge < -0.3 is 4.74 Å². The topological polar surface area (TPSA) is 55.4 Å². The van der Waals surface area contributed by atoms with Crippen molar-refractivity contribution in [2.45, 2.75) is 19.0 Å². The molecule has 0 aliphatic heterocycles. The van der Waals surface area contributed by atoms with Crippen molar-refractivity contribution in [2.24, 2.45) is 0 Å². The van der Waals surface area contributed by atoms with Crippen LogP contribution in [0.1, 0.15) is 12.5 Å². The van der Waals surface area contributed by atoms with Crippen molar-refractivity contribution in [3.8, 4) is 5.75 Å². The Morgan fingerprint density at radius 1 is 1.22 bits per heavy atom. The third-order valence-electron chi connectivity index (χ3n) is 1.88. The molecular formula is C10H12F3NO3S. The highest BCUT2D eigenvalue weighted by Crippen LogP contribution is 2.23. The highest BCUT2D eigenvalue weighted by Gasteiger charge is 2.30. The third-order valence-corrected chi connectivity index (χ3v) is 3.32. The van der Waals surface area contributed by atoms with E-state index in [1.165, 1.54) is 12.1 Å². The molecule has 0 saturated carbocycles. The van der Waals surface area contributed by atoms with Crippen LogP contribution in [0.25, 0.3) is 0 Å². The third kappa shape index (κ3) is 5.37. The van der Waals surface area contributed by atoms with Crippen molar-refractivity contribution in [1.29, 1.82) is 0 Å². The lowest BCUT2D eigenvalue weighted by Crippen LogP contribution is -2.24. The SMILES string of the molecule is CCNS(=O)(=O)Cc1ccc(OC(F)(F)F)cc1. The van der Waals surface area contributed by atoms with Crippen LogP contribution in [0.15, 0.2) is 24.3 Å². The smallest absolute Gasteiger partial charge is 0.406 e. The second kappa shape index (κ2) is 5.57. The van der Waals surface area contributed by atoms with Crippen LogP contribution in [0.5, 0.6) is 5.75 Å². The highest BCUT2D eigenvalue weighted by molar-refractivity contribution is 7.88. The number of sulfonamides is 1. The average molecular weight is 283 g/mol. The predicted octanol–water partition coefficient (Wildman–Crippen LogP) is 2.02. The molecule has 0 aliphatic rings. The lowest BCUT2D eigenvalue weighted by atomic mass is 10.2. The zero-order chi connectivity index (χ0) is 13.8. The maximum absolute atomic E-state index is 11.9. The molecule has 0 heterocycles. The van der Waals surface area contributed by atoms with Crippen LogP contribution >= 0.6 is 0 Å². The van der Waals surface area contributed by atoms with E-state index in [-0.39, 0.29) is 18.0 Å². The molecule has 8 heteroatoms. The zero-order valence-corrected chi connectivity index (χ0v) is 10.3. The first-order chi connectivity index (χ1) is 8.22. The molecule has 0 aromatic heterocycles. The van der Waals surface area contributed by atoms with E-state index in [2.05, 4.69) is 9.46 Å². The van der Waals surface area contributed by atoms with Gasteiger partial charge in [0.2, 0.25) is 10.0 Å². The van der Waals surface area contributed by atoms with Crippen molar-refractivity contribution >= 4 is 10.0 Å². The quantitative estimate of drug-likeness (QED) is 0.899. The van der Waals surface area contributed by atoms with Gasteiger partial charge in [0.15, 0.2) is 0 Å². The number of hydrogen-bond donors (Lipinski definition) is 1. The van der Waals surface area contributed by atoms with Gasteiger partial charge in [-0.1, -0.05) is 19.1 Å². The Labute approximate surface area is 103 Å². The number of halogens is 3. The van der Waals surface area contributed by atoms with Gasteiger partial charge in [-0.15, -0.1) is 13.2 Å². The molecule has 0 amide bonds. The molecule has 0 radical (unpaired) electrons. The second-order valence-electron chi connectivity index (χ2n) is 3.45. The Morgan fingerprint density at radius 3 is 2.22 bits per heavy atom. The molecule has 18 heavy (non-hydrogen) atoms. The van der Waals surface area contributed by atoms with E-state index in [1.54, 1.807) is 6.92 Å². The highest BCUT2D eigenvalue weighted by atomic mass is 32.2. The summed E-state index contributed by atoms with van der Waals surface area (Å²) in [4.78, 5) is 0. The molecule has 102 valence electrons. The Hall–Kier alpha value is -1.28. The fourth-order valence-electron chi connectivity index (χ4n) is 1.28. The van der Waals surface area contributed by atoms with E-state index in [0.29, 0.717) is 5.56 Å². The Bertz CT molecular complexity index is 482. The maximum atomic E-state index is 11.9. The lowest BCUT2D eigenvalue weighted by molar-refractivity contribution is -0.274. The van der Waals surface area contributed by atoms with Crippen LogP contribution in [-0.4, -0.2) is 21.3 Å². The number of ether oxygens (including phenoxy) is 1. The van der Waals surface area contributed by atoms with Gasteiger partial charge in [-0.2, -0.15) is 0 Å². The molecule has 0 atom stereocenters. The molecule has 4 nitrogen and oxygen atoms in total. The number of rotatable bonds is 5. The summed E-state index contributed by atoms with van der Waals surface area (Å²) in [6, 6.07) is 4.69. The van der Waals surface area contributed by atoms with Crippen LogP contribution in [0.2, 0.25) is 0 Å². The van der Waals surface area contributed by atoms with E-state index in [1.807, 2.05) is 0 Å². The van der Waals surface area contributed by atoms with E-state index in [4.69, 9.17) is 0 Å². The molecule has 0 saturated heterocycles. The van der Waals surface area contributed by atoms with Crippen LogP contribution in [-0.2, 0) is 15.8 Å². The van der Waals surface area contributed by atoms with Crippen molar-refractivity contribution < 1.29 is 26.3 Å². The van der Waals surface area contributed by atoms with Crippen LogP contribution < -0.4 is 9.46 Å². The minimum atomic E-state index is -4.75. The van der Waals surface area contributed by atoms with Gasteiger partial charge in [0.1, 0.15) is 5.75 Å². The van der Waals surface area contributed by atoms with Crippen LogP contribution in [0.3, 0.4) is 0 Å². The molecule has 0 spiro atoms. The summed E-state index contributed by atoms with van der Waals surface area (Å²) in [6.07, 6.45) is -4.75. The first kappa shape index (κ1) is 14.8. The minimum absolute atomic E-state index is 0.262. The van der Waals surface area contributed by atoms with E-state index >= 15 is 0 Å². The van der Waals surface area contributed by atoms with E-state index in [9.17, 15) is 21.6 Å². The van der Waals surface area contributed by atoms with Crippen molar-refractivity contribution in [2.75, 3.05) is 6.54 Å². The normalized spacial score (nSPS) is 12.4. The molecule has 0 bridgehead atoms. The summed E-state index contributed by atoms with van der Waals surface area (Å²) in [7, 11) is -3.45. The molecule has 1 N–H and O–H groups in total. The molecule has 1 aromatic carbocycles. The monoisotopic (exact) mass is 283 g/mol. The molecule has 1 aromatic rings. The summed E-state index contributed by atoms with van der Waals surface area (Å²) in [6.45, 7) is 1.90. The average Bonchev–Trinajstić information content (AvgIpc) is 2.18. The van der Waals surface area contributed by atoms with Crippen LogP contribution in [0.4, 0.5) is 13.2 Å². The van der Waals surface area contributed by atoms with Crippen molar-refractivity contribution in [3.63, 3.8) is 0 Å². The Morgan fingerprint density at radius 2 is 1.78 bits per heavy atom. The summed E-state index contributed by atoms with van der Waals surface area (Å²) in [5.74, 6) is -0.667. The summed E-state index contributed by atoms with van der Waals surface area (Å²) in [5.41, 5.74) is 0.380. The molecule has 0 unspecified atom stereocenters. The van der Waals surface area contributed by atoms with Gasteiger partial charge in [-0.05, 0) is 17.7 Å². The van der Waals surface area contributed by atoms with Gasteiger partial charge in [0.25, 0.3) is 0 Å². The summed E-state index contributed by atoms with van der Waals surface area (Å²) >= 11 is 0. The second-order valence-corrected chi connectivity index (χ2v) is 5.26. The van der Waals surface area contributed by atoms with Crippen LogP contribution in [0, 0.1) is 0 Å². The van der Waals surface area contributed by atoms with Crippen molar-refractivity contribution in [1.82, 2.24) is 4.72 Å². The number of benzene rings is 1. The van der Waals surface area contributed by atoms with Gasteiger partial charge >= 0.3 is 6.36 Å². The standard InChI is InChI=1S/C10H12F3NO3S/c1-2-14-18(15,16)7-8-3-5-9(6-4-8)17-10(11,12)13/h3-6,14H,2,7H2,1H3. The maximum Gasteiger partial charge on any atom is 0.573 e. The minimum Gasteiger partial charge on any atom is -0.406 e. The molecule has 1 rings (SSSR count). The number of hydrogen-bond acceptors (Lipinski definition) is 3. The molecular weight excluding hydrogens is 271 g/mol. The largest absolute Gasteiger partial charge is 0.573 e. The molecule has 0 aliphatic carbocycles. The number of alkyl halides is 3.